The van der Waals surface area contributed by atoms with E-state index in [-0.39, 0.29) is 24.5 Å². The van der Waals surface area contributed by atoms with E-state index in [9.17, 15) is 14.7 Å². The number of anilines is 1. The molecule has 1 saturated carbocycles. The third-order valence-electron chi connectivity index (χ3n) is 7.62. The van der Waals surface area contributed by atoms with Gasteiger partial charge in [-0.2, -0.15) is 0 Å². The van der Waals surface area contributed by atoms with Crippen LogP contribution >= 0.6 is 12.4 Å². The number of aromatic nitrogens is 2. The van der Waals surface area contributed by atoms with Gasteiger partial charge in [-0.25, -0.2) is 14.6 Å². The van der Waals surface area contributed by atoms with Crippen LogP contribution in [0.4, 0.5) is 10.5 Å². The number of nitrogens with one attached hydrogen (secondary N) is 2. The molecule has 1 unspecified atom stereocenters. The van der Waals surface area contributed by atoms with Crippen molar-refractivity contribution in [3.05, 3.63) is 89.7 Å². The minimum absolute atomic E-state index is 0. The number of benzene rings is 3. The van der Waals surface area contributed by atoms with Gasteiger partial charge in [0.25, 0.3) is 0 Å². The van der Waals surface area contributed by atoms with Gasteiger partial charge in [0.2, 0.25) is 6.10 Å². The summed E-state index contributed by atoms with van der Waals surface area (Å²) in [5.41, 5.74) is 4.22. The van der Waals surface area contributed by atoms with Gasteiger partial charge in [-0.1, -0.05) is 75.1 Å². The summed E-state index contributed by atoms with van der Waals surface area (Å²) < 4.78 is 8.05. The van der Waals surface area contributed by atoms with Crippen LogP contribution in [-0.2, 0) is 17.8 Å². The molecule has 1 aromatic heterocycles. The Morgan fingerprint density at radius 3 is 2.45 bits per heavy atom. The number of urea groups is 1. The lowest BCUT2D eigenvalue weighted by atomic mass is 9.96. The Bertz CT molecular complexity index is 1470. The monoisotopic (exact) mass is 590 g/mol. The van der Waals surface area contributed by atoms with Crippen molar-refractivity contribution in [2.45, 2.75) is 77.0 Å². The number of amides is 2. The fourth-order valence-electron chi connectivity index (χ4n) is 5.44. The number of carboxylic acids is 1. The summed E-state index contributed by atoms with van der Waals surface area (Å²) in [5, 5.41) is 15.8. The van der Waals surface area contributed by atoms with Crippen molar-refractivity contribution >= 4 is 41.1 Å². The number of hydrogen-bond acceptors (Lipinski definition) is 4. The maximum absolute atomic E-state index is 12.6. The summed E-state index contributed by atoms with van der Waals surface area (Å²) in [5.74, 6) is 0.459. The number of carbonyl (C=O) groups excluding carboxylic acids is 1. The average Bonchev–Trinajstić information content (AvgIpc) is 3.32. The lowest BCUT2D eigenvalue weighted by Gasteiger charge is -2.22. The number of halogens is 1. The molecule has 3 N–H and O–H groups in total. The summed E-state index contributed by atoms with van der Waals surface area (Å²) in [6.45, 7) is 2.78. The SMILES string of the molecule is CCCCc1nc2cc(NC(=O)NC3CCCCC3)ccc2n1Cc1ccc(OC(C(=O)O)c2ccccc2)cc1.Cl. The Labute approximate surface area is 252 Å². The predicted octanol–water partition coefficient (Wildman–Crippen LogP) is 7.51. The fraction of sp³-hybridized carbons (Fsp3) is 0.364. The smallest absolute Gasteiger partial charge is 0.349 e. The Balaban J connectivity index is 0.00000405. The maximum atomic E-state index is 12.6. The van der Waals surface area contributed by atoms with Gasteiger partial charge in [-0.3, -0.25) is 0 Å². The Morgan fingerprint density at radius 2 is 1.76 bits per heavy atom. The van der Waals surface area contributed by atoms with E-state index in [1.54, 1.807) is 24.3 Å². The van der Waals surface area contributed by atoms with E-state index in [2.05, 4.69) is 22.1 Å². The van der Waals surface area contributed by atoms with Gasteiger partial charge in [-0.15, -0.1) is 12.4 Å². The highest BCUT2D eigenvalue weighted by molar-refractivity contribution is 5.92. The molecule has 1 aliphatic rings. The zero-order chi connectivity index (χ0) is 28.6. The van der Waals surface area contributed by atoms with E-state index in [1.807, 2.05) is 48.5 Å². The molecule has 2 amide bonds. The number of nitrogens with zero attached hydrogens (tertiary/aromatic N) is 2. The molecular formula is C33H39ClN4O4. The van der Waals surface area contributed by atoms with Gasteiger partial charge in [0, 0.05) is 30.3 Å². The number of carbonyl (C=O) groups is 2. The van der Waals surface area contributed by atoms with Gasteiger partial charge in [0.1, 0.15) is 11.6 Å². The summed E-state index contributed by atoms with van der Waals surface area (Å²) >= 11 is 0. The molecule has 1 atom stereocenters. The molecule has 5 rings (SSSR count). The summed E-state index contributed by atoms with van der Waals surface area (Å²) in [4.78, 5) is 29.4. The first-order chi connectivity index (χ1) is 20.0. The second-order valence-electron chi connectivity index (χ2n) is 10.7. The summed E-state index contributed by atoms with van der Waals surface area (Å²) in [6, 6.07) is 22.4. The topological polar surface area (TPSA) is 105 Å². The van der Waals surface area contributed by atoms with Crippen molar-refractivity contribution in [3.63, 3.8) is 0 Å². The molecule has 42 heavy (non-hydrogen) atoms. The maximum Gasteiger partial charge on any atom is 0.349 e. The second kappa shape index (κ2) is 14.7. The number of imidazole rings is 1. The molecule has 222 valence electrons. The van der Waals surface area contributed by atoms with Crippen molar-refractivity contribution in [1.29, 1.82) is 0 Å². The predicted molar refractivity (Wildman–Crippen MR) is 168 cm³/mol. The third-order valence-corrected chi connectivity index (χ3v) is 7.62. The van der Waals surface area contributed by atoms with Crippen LogP contribution in [0.1, 0.15) is 74.9 Å². The van der Waals surface area contributed by atoms with Crippen LogP contribution in [0.3, 0.4) is 0 Å². The first kappa shape index (κ1) is 30.9. The third kappa shape index (κ3) is 7.82. The first-order valence-corrected chi connectivity index (χ1v) is 14.6. The molecule has 9 heteroatoms. The van der Waals surface area contributed by atoms with Crippen molar-refractivity contribution in [3.8, 4) is 5.75 Å². The van der Waals surface area contributed by atoms with Crippen molar-refractivity contribution < 1.29 is 19.4 Å². The van der Waals surface area contributed by atoms with Crippen molar-refractivity contribution in [2.75, 3.05) is 5.32 Å². The highest BCUT2D eigenvalue weighted by Crippen LogP contribution is 2.26. The molecule has 1 aliphatic carbocycles. The van der Waals surface area contributed by atoms with Crippen LogP contribution in [-0.4, -0.2) is 32.7 Å². The van der Waals surface area contributed by atoms with Gasteiger partial charge in [0.05, 0.1) is 11.0 Å². The van der Waals surface area contributed by atoms with E-state index < -0.39 is 12.1 Å². The molecular weight excluding hydrogens is 552 g/mol. The van der Waals surface area contributed by atoms with Gasteiger partial charge >= 0.3 is 12.0 Å². The molecule has 0 bridgehead atoms. The summed E-state index contributed by atoms with van der Waals surface area (Å²) in [6.07, 6.45) is 7.54. The lowest BCUT2D eigenvalue weighted by Crippen LogP contribution is -2.38. The molecule has 0 radical (unpaired) electrons. The van der Waals surface area contributed by atoms with E-state index in [0.29, 0.717) is 17.9 Å². The number of unbranched alkanes of at least 4 members (excludes halogenated alkanes) is 1. The van der Waals surface area contributed by atoms with Gasteiger partial charge < -0.3 is 25.0 Å². The van der Waals surface area contributed by atoms with Crippen LogP contribution in [0.5, 0.6) is 5.75 Å². The molecule has 0 saturated heterocycles. The Kier molecular flexibility index (Phi) is 10.8. The number of rotatable bonds is 11. The fourth-order valence-corrected chi connectivity index (χ4v) is 5.44. The molecule has 1 heterocycles. The lowest BCUT2D eigenvalue weighted by molar-refractivity contribution is -0.145. The van der Waals surface area contributed by atoms with Gasteiger partial charge in [0.15, 0.2) is 0 Å². The van der Waals surface area contributed by atoms with Crippen LogP contribution < -0.4 is 15.4 Å². The number of carboxylic acid groups (broad SMARTS) is 1. The minimum Gasteiger partial charge on any atom is -0.478 e. The number of aliphatic carboxylic acids is 1. The largest absolute Gasteiger partial charge is 0.478 e. The highest BCUT2D eigenvalue weighted by Gasteiger charge is 2.22. The van der Waals surface area contributed by atoms with Gasteiger partial charge in [-0.05, 0) is 55.2 Å². The molecule has 1 fully saturated rings. The Morgan fingerprint density at radius 1 is 1.02 bits per heavy atom. The van der Waals surface area contributed by atoms with Crippen molar-refractivity contribution in [1.82, 2.24) is 14.9 Å². The van der Waals surface area contributed by atoms with E-state index in [0.717, 1.165) is 60.2 Å². The molecule has 8 nitrogen and oxygen atoms in total. The van der Waals surface area contributed by atoms with Crippen LogP contribution in [0.25, 0.3) is 11.0 Å². The van der Waals surface area contributed by atoms with Crippen LogP contribution in [0, 0.1) is 0 Å². The number of fused-ring (bicyclic) bond motifs is 1. The first-order valence-electron chi connectivity index (χ1n) is 14.6. The molecule has 0 spiro atoms. The van der Waals surface area contributed by atoms with Crippen molar-refractivity contribution in [2.24, 2.45) is 0 Å². The highest BCUT2D eigenvalue weighted by atomic mass is 35.5. The van der Waals surface area contributed by atoms with Crippen LogP contribution in [0.15, 0.2) is 72.8 Å². The van der Waals surface area contributed by atoms with E-state index >= 15 is 0 Å². The Hall–Kier alpha value is -4.04. The molecule has 3 aromatic carbocycles. The van der Waals surface area contributed by atoms with E-state index in [4.69, 9.17) is 9.72 Å². The molecule has 4 aromatic rings. The summed E-state index contributed by atoms with van der Waals surface area (Å²) in [7, 11) is 0. The zero-order valence-corrected chi connectivity index (χ0v) is 24.7. The standard InChI is InChI=1S/C33H38N4O4.ClH/c1-2-3-14-30-36-28-21-26(35-33(40)34-25-12-8-5-9-13-25)17-20-29(28)37(30)22-23-15-18-27(19-16-23)41-31(32(38)39)24-10-6-4-7-11-24;/h4,6-7,10-11,15-21,25,31H,2-3,5,8-9,12-14,22H2,1H3,(H,38,39)(H2,34,35,40);1H. The normalized spacial score (nSPS) is 14.1. The number of ether oxygens (including phenoxy) is 1. The number of aryl methyl sites for hydroxylation is 1. The van der Waals surface area contributed by atoms with Crippen LogP contribution in [0.2, 0.25) is 0 Å². The second-order valence-corrected chi connectivity index (χ2v) is 10.7. The zero-order valence-electron chi connectivity index (χ0n) is 23.9. The number of hydrogen-bond donors (Lipinski definition) is 3. The quantitative estimate of drug-likeness (QED) is 0.168. The van der Waals surface area contributed by atoms with E-state index in [1.165, 1.54) is 19.3 Å². The minimum atomic E-state index is -1.08. The average molecular weight is 591 g/mol. The molecule has 0 aliphatic heterocycles.